The van der Waals surface area contributed by atoms with Gasteiger partial charge in [0.25, 0.3) is 0 Å². The van der Waals surface area contributed by atoms with E-state index in [9.17, 15) is 4.79 Å². The zero-order valence-electron chi connectivity index (χ0n) is 12.6. The van der Waals surface area contributed by atoms with Crippen molar-refractivity contribution in [3.63, 3.8) is 0 Å². The summed E-state index contributed by atoms with van der Waals surface area (Å²) in [4.78, 5) is 17.1. The first-order valence-corrected chi connectivity index (χ1v) is 8.06. The average Bonchev–Trinajstić information content (AvgIpc) is 2.95. The molecule has 2 aliphatic heterocycles. The summed E-state index contributed by atoms with van der Waals surface area (Å²) in [7, 11) is 0. The maximum absolute atomic E-state index is 12.8. The van der Waals surface area contributed by atoms with Gasteiger partial charge in [-0.25, -0.2) is 0 Å². The number of rotatable bonds is 3. The maximum Gasteiger partial charge on any atom is 0.239 e. The minimum Gasteiger partial charge on any atom is -0.340 e. The van der Waals surface area contributed by atoms with E-state index in [2.05, 4.69) is 29.2 Å². The van der Waals surface area contributed by atoms with Crippen molar-refractivity contribution in [2.24, 2.45) is 5.73 Å². The lowest BCUT2D eigenvalue weighted by Crippen LogP contribution is -2.50. The Bertz CT molecular complexity index is 476. The minimum atomic E-state index is 0.0456. The van der Waals surface area contributed by atoms with E-state index in [0.29, 0.717) is 5.91 Å². The fourth-order valence-corrected chi connectivity index (χ4v) is 3.48. The molecule has 0 bridgehead atoms. The van der Waals surface area contributed by atoms with E-state index in [4.69, 9.17) is 5.73 Å². The van der Waals surface area contributed by atoms with Crippen molar-refractivity contribution >= 4 is 5.91 Å². The molecule has 2 saturated heterocycles. The normalized spacial score (nSPS) is 27.0. The van der Waals surface area contributed by atoms with Crippen molar-refractivity contribution in [1.82, 2.24) is 9.80 Å². The van der Waals surface area contributed by atoms with Crippen LogP contribution in [-0.2, 0) is 11.3 Å². The van der Waals surface area contributed by atoms with E-state index in [1.54, 1.807) is 0 Å². The third kappa shape index (κ3) is 3.44. The second kappa shape index (κ2) is 6.58. The molecule has 2 atom stereocenters. The van der Waals surface area contributed by atoms with Gasteiger partial charge in [0, 0.05) is 25.7 Å². The van der Waals surface area contributed by atoms with Crippen LogP contribution in [0.3, 0.4) is 0 Å². The van der Waals surface area contributed by atoms with Gasteiger partial charge >= 0.3 is 0 Å². The molecule has 1 amide bonds. The summed E-state index contributed by atoms with van der Waals surface area (Å²) in [6.45, 7) is 3.45. The number of carbonyl (C=O) groups excluding carboxylic acids is 1. The topological polar surface area (TPSA) is 49.6 Å². The number of nitrogens with zero attached hydrogens (tertiary/aromatic N) is 2. The molecule has 0 saturated carbocycles. The standard InChI is InChI=1S/C17H25N3O/c18-15-9-11-20(13-15)17(21)16-8-4-5-10-19(16)12-14-6-2-1-3-7-14/h1-3,6-7,15-16H,4-5,8-13,18H2/t15-,16?/m1/s1. The Morgan fingerprint density at radius 2 is 1.95 bits per heavy atom. The van der Waals surface area contributed by atoms with E-state index in [-0.39, 0.29) is 12.1 Å². The second-order valence-corrected chi connectivity index (χ2v) is 6.30. The SMILES string of the molecule is N[C@@H]1CCN(C(=O)C2CCCCN2Cc2ccccc2)C1. The van der Waals surface area contributed by atoms with Crippen molar-refractivity contribution in [1.29, 1.82) is 0 Å². The first kappa shape index (κ1) is 14.5. The van der Waals surface area contributed by atoms with Gasteiger partial charge in [-0.1, -0.05) is 36.8 Å². The summed E-state index contributed by atoms with van der Waals surface area (Å²) in [5.74, 6) is 0.290. The quantitative estimate of drug-likeness (QED) is 0.918. The van der Waals surface area contributed by atoms with Crippen LogP contribution in [0.4, 0.5) is 0 Å². The lowest BCUT2D eigenvalue weighted by molar-refractivity contribution is -0.137. The highest BCUT2D eigenvalue weighted by atomic mass is 16.2. The first-order valence-electron chi connectivity index (χ1n) is 8.06. The molecule has 0 spiro atoms. The van der Waals surface area contributed by atoms with Crippen LogP contribution in [0.25, 0.3) is 0 Å². The van der Waals surface area contributed by atoms with Crippen LogP contribution in [0.1, 0.15) is 31.2 Å². The average molecular weight is 287 g/mol. The van der Waals surface area contributed by atoms with Gasteiger partial charge in [0.15, 0.2) is 0 Å². The van der Waals surface area contributed by atoms with Crippen LogP contribution in [0, 0.1) is 0 Å². The monoisotopic (exact) mass is 287 g/mol. The van der Waals surface area contributed by atoms with Crippen LogP contribution in [-0.4, -0.2) is 47.4 Å². The van der Waals surface area contributed by atoms with E-state index in [1.807, 2.05) is 11.0 Å². The molecule has 2 aliphatic rings. The number of likely N-dealkylation sites (tertiary alicyclic amines) is 2. The third-order valence-electron chi connectivity index (χ3n) is 4.66. The number of nitrogens with two attached hydrogens (primary N) is 1. The fraction of sp³-hybridized carbons (Fsp3) is 0.588. The molecule has 2 fully saturated rings. The Kier molecular flexibility index (Phi) is 4.56. The highest BCUT2D eigenvalue weighted by Gasteiger charge is 2.34. The summed E-state index contributed by atoms with van der Waals surface area (Å²) in [5, 5.41) is 0. The Labute approximate surface area is 126 Å². The Hall–Kier alpha value is -1.39. The highest BCUT2D eigenvalue weighted by molar-refractivity contribution is 5.82. The lowest BCUT2D eigenvalue weighted by Gasteiger charge is -2.36. The summed E-state index contributed by atoms with van der Waals surface area (Å²) in [6.07, 6.45) is 4.27. The van der Waals surface area contributed by atoms with Crippen molar-refractivity contribution < 1.29 is 4.79 Å². The second-order valence-electron chi connectivity index (χ2n) is 6.30. The minimum absolute atomic E-state index is 0.0456. The predicted molar refractivity (Wildman–Crippen MR) is 83.7 cm³/mol. The number of amides is 1. The highest BCUT2D eigenvalue weighted by Crippen LogP contribution is 2.22. The molecular weight excluding hydrogens is 262 g/mol. The smallest absolute Gasteiger partial charge is 0.239 e. The van der Waals surface area contributed by atoms with E-state index >= 15 is 0 Å². The molecule has 114 valence electrons. The van der Waals surface area contributed by atoms with Crippen molar-refractivity contribution in [3.05, 3.63) is 35.9 Å². The molecule has 3 rings (SSSR count). The third-order valence-corrected chi connectivity index (χ3v) is 4.66. The van der Waals surface area contributed by atoms with Crippen molar-refractivity contribution in [2.75, 3.05) is 19.6 Å². The largest absolute Gasteiger partial charge is 0.340 e. The van der Waals surface area contributed by atoms with Gasteiger partial charge in [-0.2, -0.15) is 0 Å². The molecule has 4 heteroatoms. The molecule has 0 aromatic heterocycles. The molecule has 1 aromatic carbocycles. The Balaban J connectivity index is 1.68. The number of carbonyl (C=O) groups is 1. The molecule has 0 radical (unpaired) electrons. The van der Waals surface area contributed by atoms with Gasteiger partial charge in [-0.15, -0.1) is 0 Å². The Morgan fingerprint density at radius 1 is 1.14 bits per heavy atom. The van der Waals surface area contributed by atoms with Crippen molar-refractivity contribution in [2.45, 2.75) is 44.3 Å². The van der Waals surface area contributed by atoms with Crippen molar-refractivity contribution in [3.8, 4) is 0 Å². The Morgan fingerprint density at radius 3 is 2.67 bits per heavy atom. The summed E-state index contributed by atoms with van der Waals surface area (Å²) in [6, 6.07) is 10.7. The van der Waals surface area contributed by atoms with Crippen LogP contribution >= 0.6 is 0 Å². The zero-order chi connectivity index (χ0) is 14.7. The lowest BCUT2D eigenvalue weighted by atomic mass is 10.00. The number of hydrogen-bond acceptors (Lipinski definition) is 3. The zero-order valence-corrected chi connectivity index (χ0v) is 12.6. The number of benzene rings is 1. The van der Waals surface area contributed by atoms with Crippen LogP contribution in [0.5, 0.6) is 0 Å². The van der Waals surface area contributed by atoms with Crippen LogP contribution < -0.4 is 5.73 Å². The van der Waals surface area contributed by atoms with E-state index in [1.165, 1.54) is 12.0 Å². The molecule has 21 heavy (non-hydrogen) atoms. The number of hydrogen-bond donors (Lipinski definition) is 1. The predicted octanol–water partition coefficient (Wildman–Crippen LogP) is 1.60. The maximum atomic E-state index is 12.8. The van der Waals surface area contributed by atoms with Gasteiger partial charge in [0.1, 0.15) is 0 Å². The van der Waals surface area contributed by atoms with E-state index < -0.39 is 0 Å². The van der Waals surface area contributed by atoms with E-state index in [0.717, 1.165) is 45.4 Å². The molecule has 0 aliphatic carbocycles. The van der Waals surface area contributed by atoms with Gasteiger partial charge in [-0.3, -0.25) is 9.69 Å². The molecule has 1 aromatic rings. The van der Waals surface area contributed by atoms with Gasteiger partial charge in [0.2, 0.25) is 5.91 Å². The molecular formula is C17H25N3O. The first-order chi connectivity index (χ1) is 10.2. The van der Waals surface area contributed by atoms with Gasteiger partial charge < -0.3 is 10.6 Å². The summed E-state index contributed by atoms with van der Waals surface area (Å²) < 4.78 is 0. The molecule has 2 N–H and O–H groups in total. The molecule has 4 nitrogen and oxygen atoms in total. The van der Waals surface area contributed by atoms with Crippen LogP contribution in [0.2, 0.25) is 0 Å². The van der Waals surface area contributed by atoms with Gasteiger partial charge in [-0.05, 0) is 31.4 Å². The fourth-order valence-electron chi connectivity index (χ4n) is 3.48. The summed E-state index contributed by atoms with van der Waals surface area (Å²) >= 11 is 0. The molecule has 1 unspecified atom stereocenters. The van der Waals surface area contributed by atoms with Gasteiger partial charge in [0.05, 0.1) is 6.04 Å². The summed E-state index contributed by atoms with van der Waals surface area (Å²) in [5.41, 5.74) is 7.23. The number of piperidine rings is 1. The van der Waals surface area contributed by atoms with Crippen LogP contribution in [0.15, 0.2) is 30.3 Å². The molecule has 2 heterocycles.